The molecule has 1 atom stereocenters. The van der Waals surface area contributed by atoms with E-state index in [9.17, 15) is 28.0 Å². The number of carbonyl (C=O) groups excluding carboxylic acids is 2. The second kappa shape index (κ2) is 8.90. The van der Waals surface area contributed by atoms with E-state index in [0.29, 0.717) is 0 Å². The number of nitrogens with zero attached hydrogens (tertiary/aromatic N) is 1. The fourth-order valence-electron chi connectivity index (χ4n) is 2.42. The molecule has 0 aliphatic carbocycles. The van der Waals surface area contributed by atoms with Gasteiger partial charge in [0.25, 0.3) is 5.91 Å². The highest BCUT2D eigenvalue weighted by molar-refractivity contribution is 6.02. The number of nitriles is 1. The smallest absolute Gasteiger partial charge is 0.418 e. The standard InChI is InChI=1S/C20H21F3N4O3/c1-12(2)19(3,11-24)27-17(28)10-25-15-7-6-13(9-14(15)20(21,22)23)26-18(29)16-5-4-8-30-16/h4-9,12,25H,10H2,1-3H3,(H,26,29)(H,27,28). The number of carbonyl (C=O) groups is 2. The molecule has 10 heteroatoms. The van der Waals surface area contributed by atoms with Gasteiger partial charge in [0.15, 0.2) is 5.76 Å². The molecule has 1 unspecified atom stereocenters. The third-order valence-electron chi connectivity index (χ3n) is 4.55. The first-order valence-corrected chi connectivity index (χ1v) is 8.98. The summed E-state index contributed by atoms with van der Waals surface area (Å²) in [5.41, 5.74) is -2.63. The molecule has 0 spiro atoms. The molecule has 1 heterocycles. The number of halogens is 3. The summed E-state index contributed by atoms with van der Waals surface area (Å²) in [4.78, 5) is 24.1. The third-order valence-corrected chi connectivity index (χ3v) is 4.55. The van der Waals surface area contributed by atoms with Crippen LogP contribution in [0.2, 0.25) is 0 Å². The highest BCUT2D eigenvalue weighted by Gasteiger charge is 2.34. The van der Waals surface area contributed by atoms with E-state index in [2.05, 4.69) is 16.0 Å². The zero-order valence-electron chi connectivity index (χ0n) is 16.6. The summed E-state index contributed by atoms with van der Waals surface area (Å²) in [6, 6.07) is 7.98. The summed E-state index contributed by atoms with van der Waals surface area (Å²) >= 11 is 0. The van der Waals surface area contributed by atoms with Crippen LogP contribution in [0.5, 0.6) is 0 Å². The molecule has 7 nitrogen and oxygen atoms in total. The molecule has 1 aromatic carbocycles. The van der Waals surface area contributed by atoms with E-state index in [4.69, 9.17) is 4.42 Å². The predicted octanol–water partition coefficient (Wildman–Crippen LogP) is 4.02. The Bertz CT molecular complexity index is 949. The van der Waals surface area contributed by atoms with Crippen LogP contribution in [-0.2, 0) is 11.0 Å². The van der Waals surface area contributed by atoms with Crippen molar-refractivity contribution in [3.8, 4) is 6.07 Å². The summed E-state index contributed by atoms with van der Waals surface area (Å²) in [7, 11) is 0. The molecule has 30 heavy (non-hydrogen) atoms. The van der Waals surface area contributed by atoms with Gasteiger partial charge in [-0.15, -0.1) is 0 Å². The van der Waals surface area contributed by atoms with Gasteiger partial charge in [-0.25, -0.2) is 0 Å². The number of nitrogens with one attached hydrogen (secondary N) is 3. The average molecular weight is 422 g/mol. The van der Waals surface area contributed by atoms with Crippen molar-refractivity contribution in [2.75, 3.05) is 17.2 Å². The van der Waals surface area contributed by atoms with Gasteiger partial charge < -0.3 is 20.4 Å². The van der Waals surface area contributed by atoms with Crippen molar-refractivity contribution in [1.82, 2.24) is 5.32 Å². The number of benzene rings is 1. The Morgan fingerprint density at radius 1 is 1.23 bits per heavy atom. The minimum absolute atomic E-state index is 0.0480. The molecule has 0 bridgehead atoms. The second-order valence-electron chi connectivity index (χ2n) is 7.06. The van der Waals surface area contributed by atoms with E-state index in [1.54, 1.807) is 13.8 Å². The minimum atomic E-state index is -4.73. The number of amides is 2. The monoisotopic (exact) mass is 422 g/mol. The molecule has 0 aliphatic heterocycles. The van der Waals surface area contributed by atoms with Crippen LogP contribution in [0.3, 0.4) is 0 Å². The molecule has 0 fully saturated rings. The quantitative estimate of drug-likeness (QED) is 0.625. The first-order chi connectivity index (χ1) is 14.0. The molecule has 0 aliphatic rings. The van der Waals surface area contributed by atoms with Crippen molar-refractivity contribution < 1.29 is 27.2 Å². The van der Waals surface area contributed by atoms with E-state index >= 15 is 0 Å². The Kier molecular flexibility index (Phi) is 6.77. The van der Waals surface area contributed by atoms with Crippen molar-refractivity contribution in [2.24, 2.45) is 5.92 Å². The van der Waals surface area contributed by atoms with Gasteiger partial charge in [-0.3, -0.25) is 9.59 Å². The van der Waals surface area contributed by atoms with Crippen LogP contribution in [0.4, 0.5) is 24.5 Å². The van der Waals surface area contributed by atoms with E-state index in [-0.39, 0.29) is 23.1 Å². The lowest BCUT2D eigenvalue weighted by Crippen LogP contribution is -2.50. The normalized spacial score (nSPS) is 13.3. The number of hydrogen-bond acceptors (Lipinski definition) is 5. The van der Waals surface area contributed by atoms with Gasteiger partial charge >= 0.3 is 6.18 Å². The Hall–Kier alpha value is -3.48. The molecule has 1 aromatic heterocycles. The zero-order valence-corrected chi connectivity index (χ0v) is 16.6. The van der Waals surface area contributed by atoms with Gasteiger partial charge in [-0.2, -0.15) is 18.4 Å². The first kappa shape index (κ1) is 22.8. The summed E-state index contributed by atoms with van der Waals surface area (Å²) in [5.74, 6) is -1.57. The number of anilines is 2. The summed E-state index contributed by atoms with van der Waals surface area (Å²) in [6.45, 7) is 4.56. The van der Waals surface area contributed by atoms with E-state index in [1.165, 1.54) is 31.4 Å². The number of hydrogen-bond donors (Lipinski definition) is 3. The Morgan fingerprint density at radius 3 is 2.47 bits per heavy atom. The van der Waals surface area contributed by atoms with Crippen LogP contribution in [-0.4, -0.2) is 23.9 Å². The molecule has 0 radical (unpaired) electrons. The van der Waals surface area contributed by atoms with Crippen molar-refractivity contribution in [3.05, 3.63) is 47.9 Å². The third kappa shape index (κ3) is 5.53. The molecular weight excluding hydrogens is 401 g/mol. The number of alkyl halides is 3. The maximum Gasteiger partial charge on any atom is 0.418 e. The van der Waals surface area contributed by atoms with Crippen LogP contribution in [0.25, 0.3) is 0 Å². The highest BCUT2D eigenvalue weighted by Crippen LogP contribution is 2.36. The fraction of sp³-hybridized carbons (Fsp3) is 0.350. The SMILES string of the molecule is CC(C)C(C)(C#N)NC(=O)CNc1ccc(NC(=O)c2ccco2)cc1C(F)(F)F. The van der Waals surface area contributed by atoms with Crippen molar-refractivity contribution >= 4 is 23.2 Å². The van der Waals surface area contributed by atoms with Gasteiger partial charge in [-0.1, -0.05) is 13.8 Å². The van der Waals surface area contributed by atoms with Crippen LogP contribution < -0.4 is 16.0 Å². The highest BCUT2D eigenvalue weighted by atomic mass is 19.4. The van der Waals surface area contributed by atoms with Crippen molar-refractivity contribution in [2.45, 2.75) is 32.5 Å². The van der Waals surface area contributed by atoms with Gasteiger partial charge in [0.2, 0.25) is 5.91 Å². The first-order valence-electron chi connectivity index (χ1n) is 8.98. The maximum atomic E-state index is 13.5. The van der Waals surface area contributed by atoms with E-state index < -0.39 is 35.6 Å². The topological polar surface area (TPSA) is 107 Å². The van der Waals surface area contributed by atoms with E-state index in [1.807, 2.05) is 6.07 Å². The van der Waals surface area contributed by atoms with Crippen LogP contribution in [0.1, 0.15) is 36.9 Å². The zero-order chi connectivity index (χ0) is 22.5. The predicted molar refractivity (Wildman–Crippen MR) is 104 cm³/mol. The molecule has 0 saturated heterocycles. The van der Waals surface area contributed by atoms with Gasteiger partial charge in [0, 0.05) is 11.4 Å². The summed E-state index contributed by atoms with van der Waals surface area (Å²) in [6.07, 6.45) is -3.46. The Morgan fingerprint density at radius 2 is 1.93 bits per heavy atom. The lowest BCUT2D eigenvalue weighted by molar-refractivity contribution is -0.137. The second-order valence-corrected chi connectivity index (χ2v) is 7.06. The largest absolute Gasteiger partial charge is 0.459 e. The molecule has 0 saturated carbocycles. The molecular formula is C20H21F3N4O3. The molecule has 2 amide bonds. The number of furan rings is 1. The van der Waals surface area contributed by atoms with Gasteiger partial charge in [0.05, 0.1) is 24.4 Å². The minimum Gasteiger partial charge on any atom is -0.459 e. The molecule has 160 valence electrons. The van der Waals surface area contributed by atoms with Crippen LogP contribution >= 0.6 is 0 Å². The molecule has 2 rings (SSSR count). The lowest BCUT2D eigenvalue weighted by Gasteiger charge is -2.27. The van der Waals surface area contributed by atoms with E-state index in [0.717, 1.165) is 12.1 Å². The van der Waals surface area contributed by atoms with Gasteiger partial charge in [0.1, 0.15) is 5.54 Å². The maximum absolute atomic E-state index is 13.5. The number of rotatable bonds is 7. The fourth-order valence-corrected chi connectivity index (χ4v) is 2.42. The Balaban J connectivity index is 2.15. The summed E-state index contributed by atoms with van der Waals surface area (Å²) < 4.78 is 45.3. The van der Waals surface area contributed by atoms with Crippen molar-refractivity contribution in [3.63, 3.8) is 0 Å². The Labute approximate surface area is 171 Å². The van der Waals surface area contributed by atoms with Gasteiger partial charge in [-0.05, 0) is 43.2 Å². The lowest BCUT2D eigenvalue weighted by atomic mass is 9.90. The average Bonchev–Trinajstić information content (AvgIpc) is 3.20. The van der Waals surface area contributed by atoms with Crippen LogP contribution in [0.15, 0.2) is 41.0 Å². The summed E-state index contributed by atoms with van der Waals surface area (Å²) in [5, 5.41) is 16.5. The van der Waals surface area contributed by atoms with Crippen molar-refractivity contribution in [1.29, 1.82) is 5.26 Å². The van der Waals surface area contributed by atoms with Crippen LogP contribution in [0, 0.1) is 17.2 Å². The molecule has 3 N–H and O–H groups in total. The molecule has 2 aromatic rings.